The monoisotopic (exact) mass is 235 g/mol. The Balaban J connectivity index is 3.62. The summed E-state index contributed by atoms with van der Waals surface area (Å²) in [6, 6.07) is 0. The van der Waals surface area contributed by atoms with Crippen LogP contribution in [-0.4, -0.2) is 38.7 Å². The molecule has 0 aliphatic carbocycles. The van der Waals surface area contributed by atoms with Crippen molar-refractivity contribution in [1.82, 2.24) is 4.90 Å². The zero-order valence-electron chi connectivity index (χ0n) is 8.10. The van der Waals surface area contributed by atoms with Crippen LogP contribution in [0.3, 0.4) is 0 Å². The molecule has 0 bridgehead atoms. The third kappa shape index (κ3) is 5.62. The van der Waals surface area contributed by atoms with Crippen LogP contribution in [0.4, 0.5) is 0 Å². The first-order chi connectivity index (χ1) is 5.72. The maximum atomic E-state index is 7.48. The molecule has 1 N–H and O–H groups in total. The van der Waals surface area contributed by atoms with Crippen molar-refractivity contribution in [3.8, 4) is 0 Å². The Morgan fingerprint density at radius 3 is 1.83 bits per heavy atom. The first-order valence-electron chi connectivity index (χ1n) is 4.72. The van der Waals surface area contributed by atoms with Crippen molar-refractivity contribution >= 4 is 20.7 Å². The summed E-state index contributed by atoms with van der Waals surface area (Å²) in [5.41, 5.74) is 0. The predicted octanol–water partition coefficient (Wildman–Crippen LogP) is 1.99. The van der Waals surface area contributed by atoms with Crippen LogP contribution in [0, 0.1) is 5.41 Å². The summed E-state index contributed by atoms with van der Waals surface area (Å²) >= 11 is 2.77. The van der Waals surface area contributed by atoms with E-state index in [0.717, 1.165) is 13.1 Å². The molecule has 3 heteroatoms. The van der Waals surface area contributed by atoms with Gasteiger partial charge in [0.15, 0.2) is 0 Å². The maximum absolute atomic E-state index is 7.48. The molecule has 2 nitrogen and oxygen atoms in total. The molecule has 0 atom stereocenters. The van der Waals surface area contributed by atoms with Gasteiger partial charge in [0.2, 0.25) is 0 Å². The topological polar surface area (TPSA) is 27.1 Å². The number of nitrogens with zero attached hydrogens (tertiary/aromatic N) is 1. The average Bonchev–Trinajstić information content (AvgIpc) is 2.04. The molecule has 1 radical (unpaired) electrons. The molecule has 0 aromatic rings. The molecule has 0 fully saturated rings. The van der Waals surface area contributed by atoms with Crippen LogP contribution in [0.2, 0.25) is 0 Å². The van der Waals surface area contributed by atoms with Gasteiger partial charge in [-0.2, -0.15) is 0 Å². The van der Waals surface area contributed by atoms with E-state index in [0.29, 0.717) is 4.73 Å². The predicted molar refractivity (Wildman–Crippen MR) is 54.9 cm³/mol. The van der Waals surface area contributed by atoms with Crippen LogP contribution < -0.4 is 0 Å². The van der Waals surface area contributed by atoms with Gasteiger partial charge in [-0.3, -0.25) is 0 Å². The van der Waals surface area contributed by atoms with Crippen molar-refractivity contribution in [2.75, 3.05) is 13.1 Å². The Bertz CT molecular complexity index is 118. The molecule has 0 unspecified atom stereocenters. The van der Waals surface area contributed by atoms with Crippen LogP contribution in [0.15, 0.2) is 0 Å². The standard InChI is InChI=1S/C9H19N2Se/c1-3-5-7-11(9(10)12)8-6-4-2/h10H,3-8H2,1-2H3. The quantitative estimate of drug-likeness (QED) is 0.425. The van der Waals surface area contributed by atoms with Crippen LogP contribution >= 0.6 is 0 Å². The van der Waals surface area contributed by atoms with E-state index >= 15 is 0 Å². The molecule has 71 valence electrons. The van der Waals surface area contributed by atoms with Crippen molar-refractivity contribution in [3.63, 3.8) is 0 Å². The fourth-order valence-corrected chi connectivity index (χ4v) is 1.40. The van der Waals surface area contributed by atoms with E-state index in [1.165, 1.54) is 25.7 Å². The van der Waals surface area contributed by atoms with Crippen molar-refractivity contribution in [1.29, 1.82) is 5.41 Å². The summed E-state index contributed by atoms with van der Waals surface area (Å²) in [7, 11) is 0. The normalized spacial score (nSPS) is 9.83. The Kier molecular flexibility index (Phi) is 7.62. The van der Waals surface area contributed by atoms with Crippen LogP contribution in [0.25, 0.3) is 0 Å². The summed E-state index contributed by atoms with van der Waals surface area (Å²) in [4.78, 5) is 2.12. The van der Waals surface area contributed by atoms with Gasteiger partial charge in [0.25, 0.3) is 0 Å². The Morgan fingerprint density at radius 1 is 1.17 bits per heavy atom. The fraction of sp³-hybridized carbons (Fsp3) is 0.889. The van der Waals surface area contributed by atoms with Gasteiger partial charge in [-0.15, -0.1) is 0 Å². The van der Waals surface area contributed by atoms with Crippen LogP contribution in [0.1, 0.15) is 39.5 Å². The van der Waals surface area contributed by atoms with Gasteiger partial charge in [-0.05, 0) is 0 Å². The molecule has 0 amide bonds. The zero-order valence-corrected chi connectivity index (χ0v) is 9.81. The second-order valence-electron chi connectivity index (χ2n) is 3.00. The van der Waals surface area contributed by atoms with E-state index in [9.17, 15) is 0 Å². The molecular formula is C9H19N2Se. The third-order valence-corrected chi connectivity index (χ3v) is 2.39. The Hall–Kier alpha value is -0.0105. The number of rotatable bonds is 6. The van der Waals surface area contributed by atoms with Gasteiger partial charge in [-0.1, -0.05) is 0 Å². The molecule has 0 aliphatic heterocycles. The van der Waals surface area contributed by atoms with Crippen LogP contribution in [0.5, 0.6) is 0 Å². The molecule has 12 heavy (non-hydrogen) atoms. The molecule has 0 aliphatic rings. The van der Waals surface area contributed by atoms with Crippen LogP contribution in [-0.2, 0) is 0 Å². The number of hydrogen-bond donors (Lipinski definition) is 1. The third-order valence-electron chi connectivity index (χ3n) is 1.85. The van der Waals surface area contributed by atoms with E-state index < -0.39 is 0 Å². The number of unbranched alkanes of at least 4 members (excludes halogenated alkanes) is 2. The van der Waals surface area contributed by atoms with Crippen molar-refractivity contribution in [2.45, 2.75) is 39.5 Å². The molecule has 0 spiro atoms. The minimum absolute atomic E-state index is 0.594. The minimum atomic E-state index is 0.594. The molecule has 0 heterocycles. The second kappa shape index (κ2) is 7.63. The molecule has 0 saturated carbocycles. The summed E-state index contributed by atoms with van der Waals surface area (Å²) in [5.74, 6) is 0. The molecule has 0 rings (SSSR count). The number of amidine groups is 1. The molecular weight excluding hydrogens is 215 g/mol. The van der Waals surface area contributed by atoms with Crippen molar-refractivity contribution in [3.05, 3.63) is 0 Å². The van der Waals surface area contributed by atoms with Crippen molar-refractivity contribution < 1.29 is 0 Å². The fourth-order valence-electron chi connectivity index (χ4n) is 1.01. The van der Waals surface area contributed by atoms with E-state index in [4.69, 9.17) is 5.41 Å². The first-order valence-corrected chi connectivity index (χ1v) is 5.58. The summed E-state index contributed by atoms with van der Waals surface area (Å²) < 4.78 is 0.594. The van der Waals surface area contributed by atoms with Crippen molar-refractivity contribution in [2.24, 2.45) is 0 Å². The van der Waals surface area contributed by atoms with Gasteiger partial charge in [0.1, 0.15) is 0 Å². The van der Waals surface area contributed by atoms with E-state index in [1.807, 2.05) is 0 Å². The summed E-state index contributed by atoms with van der Waals surface area (Å²) in [5, 5.41) is 7.48. The van der Waals surface area contributed by atoms with Gasteiger partial charge < -0.3 is 0 Å². The number of nitrogens with one attached hydrogen (secondary N) is 1. The average molecular weight is 234 g/mol. The second-order valence-corrected chi connectivity index (χ2v) is 3.81. The van der Waals surface area contributed by atoms with Gasteiger partial charge in [-0.25, -0.2) is 0 Å². The van der Waals surface area contributed by atoms with E-state index in [2.05, 4.69) is 34.8 Å². The number of hydrogen-bond acceptors (Lipinski definition) is 1. The first kappa shape index (κ1) is 12.0. The van der Waals surface area contributed by atoms with Gasteiger partial charge in [0, 0.05) is 0 Å². The molecule has 0 aromatic heterocycles. The summed E-state index contributed by atoms with van der Waals surface area (Å²) in [6.45, 7) is 6.42. The van der Waals surface area contributed by atoms with E-state index in [1.54, 1.807) is 0 Å². The zero-order chi connectivity index (χ0) is 9.40. The van der Waals surface area contributed by atoms with E-state index in [-0.39, 0.29) is 0 Å². The SMILES string of the molecule is CCCCN(CCCC)C(=N)[Se]. The van der Waals surface area contributed by atoms with Gasteiger partial charge in [0.05, 0.1) is 0 Å². The Labute approximate surface area is 84.0 Å². The molecule has 0 aromatic carbocycles. The molecule has 0 saturated heterocycles. The van der Waals surface area contributed by atoms with Gasteiger partial charge >= 0.3 is 83.7 Å². The Morgan fingerprint density at radius 2 is 1.58 bits per heavy atom. The summed E-state index contributed by atoms with van der Waals surface area (Å²) in [6.07, 6.45) is 4.79.